The number of nitrogens with zero attached hydrogens (tertiary/aromatic N) is 3. The van der Waals surface area contributed by atoms with Crippen molar-refractivity contribution in [2.24, 2.45) is 0 Å². The third kappa shape index (κ3) is 2.53. The summed E-state index contributed by atoms with van der Waals surface area (Å²) in [6.45, 7) is -0.772. The summed E-state index contributed by atoms with van der Waals surface area (Å²) < 4.78 is 1.23. The van der Waals surface area contributed by atoms with E-state index in [1.807, 2.05) is 0 Å². The molecule has 2 rings (SSSR count). The van der Waals surface area contributed by atoms with Crippen LogP contribution >= 0.6 is 11.3 Å². The first-order valence-corrected chi connectivity index (χ1v) is 6.32. The molecule has 0 aliphatic heterocycles. The second kappa shape index (κ2) is 5.54. The van der Waals surface area contributed by atoms with Crippen molar-refractivity contribution in [2.75, 3.05) is 13.1 Å². The zero-order chi connectivity index (χ0) is 14.7. The van der Waals surface area contributed by atoms with Gasteiger partial charge in [0.2, 0.25) is 0 Å². The van der Waals surface area contributed by atoms with Crippen molar-refractivity contribution >= 4 is 28.2 Å². The normalized spacial score (nSPS) is 10.2. The van der Waals surface area contributed by atoms with Gasteiger partial charge in [0.25, 0.3) is 11.5 Å². The number of thiazole rings is 1. The van der Waals surface area contributed by atoms with E-state index in [1.54, 1.807) is 5.38 Å². The number of hydrogen-bond donors (Lipinski definition) is 1. The van der Waals surface area contributed by atoms with Gasteiger partial charge in [0.1, 0.15) is 12.1 Å². The molecule has 0 fully saturated rings. The first kappa shape index (κ1) is 13.8. The van der Waals surface area contributed by atoms with Crippen molar-refractivity contribution in [1.29, 1.82) is 0 Å². The maximum Gasteiger partial charge on any atom is 0.323 e. The Morgan fingerprint density at radius 3 is 2.95 bits per heavy atom. The summed E-state index contributed by atoms with van der Waals surface area (Å²) >= 11 is 1.25. The van der Waals surface area contributed by atoms with Crippen molar-refractivity contribution in [3.8, 4) is 12.3 Å². The third-order valence-corrected chi connectivity index (χ3v) is 3.24. The van der Waals surface area contributed by atoms with Crippen molar-refractivity contribution < 1.29 is 14.7 Å². The molecule has 0 bridgehead atoms. The highest BCUT2D eigenvalue weighted by Gasteiger charge is 2.21. The van der Waals surface area contributed by atoms with Crippen molar-refractivity contribution in [2.45, 2.75) is 0 Å². The third-order valence-electron chi connectivity index (χ3n) is 2.47. The Morgan fingerprint density at radius 2 is 2.30 bits per heavy atom. The molecule has 0 aliphatic carbocycles. The fraction of sp³-hybridized carbons (Fsp3) is 0.167. The van der Waals surface area contributed by atoms with Crippen LogP contribution in [0.1, 0.15) is 10.4 Å². The average molecular weight is 291 g/mol. The number of aliphatic carboxylic acids is 1. The number of amides is 1. The van der Waals surface area contributed by atoms with E-state index in [9.17, 15) is 14.4 Å². The smallest absolute Gasteiger partial charge is 0.323 e. The molecule has 20 heavy (non-hydrogen) atoms. The highest BCUT2D eigenvalue weighted by molar-refractivity contribution is 7.15. The summed E-state index contributed by atoms with van der Waals surface area (Å²) in [5, 5.41) is 10.4. The maximum atomic E-state index is 12.2. The zero-order valence-electron chi connectivity index (χ0n) is 10.1. The van der Waals surface area contributed by atoms with Crippen molar-refractivity contribution in [3.63, 3.8) is 0 Å². The van der Waals surface area contributed by atoms with E-state index in [0.29, 0.717) is 4.96 Å². The lowest BCUT2D eigenvalue weighted by molar-refractivity contribution is -0.137. The number of carboxylic acids is 1. The van der Waals surface area contributed by atoms with E-state index < -0.39 is 24.0 Å². The summed E-state index contributed by atoms with van der Waals surface area (Å²) in [4.78, 5) is 40.3. The highest BCUT2D eigenvalue weighted by atomic mass is 32.1. The minimum atomic E-state index is -1.21. The van der Waals surface area contributed by atoms with Gasteiger partial charge in [-0.15, -0.1) is 17.8 Å². The van der Waals surface area contributed by atoms with E-state index in [1.165, 1.54) is 21.9 Å². The highest BCUT2D eigenvalue weighted by Crippen LogP contribution is 2.07. The molecular formula is C12H9N3O4S. The van der Waals surface area contributed by atoms with Gasteiger partial charge in [-0.05, 0) is 0 Å². The number of aromatic nitrogens is 2. The first-order chi connectivity index (χ1) is 9.54. The molecule has 0 aliphatic rings. The lowest BCUT2D eigenvalue weighted by Crippen LogP contribution is -2.39. The molecule has 2 aromatic heterocycles. The second-order valence-corrected chi connectivity index (χ2v) is 4.66. The van der Waals surface area contributed by atoms with Gasteiger partial charge in [0.05, 0.1) is 6.54 Å². The summed E-state index contributed by atoms with van der Waals surface area (Å²) in [7, 11) is 0. The van der Waals surface area contributed by atoms with Crippen LogP contribution in [0.25, 0.3) is 4.96 Å². The van der Waals surface area contributed by atoms with Crippen LogP contribution in [-0.2, 0) is 4.79 Å². The Bertz CT molecular complexity index is 771. The van der Waals surface area contributed by atoms with Crippen LogP contribution in [0.2, 0.25) is 0 Å². The largest absolute Gasteiger partial charge is 0.480 e. The van der Waals surface area contributed by atoms with Crippen molar-refractivity contribution in [1.82, 2.24) is 14.3 Å². The molecule has 0 aromatic carbocycles. The fourth-order valence-electron chi connectivity index (χ4n) is 1.61. The van der Waals surface area contributed by atoms with E-state index in [4.69, 9.17) is 11.5 Å². The minimum absolute atomic E-state index is 0.198. The molecule has 0 atom stereocenters. The molecule has 2 heterocycles. The molecule has 0 unspecified atom stereocenters. The van der Waals surface area contributed by atoms with Gasteiger partial charge >= 0.3 is 5.97 Å². The Hall–Kier alpha value is -2.66. The Morgan fingerprint density at radius 1 is 1.55 bits per heavy atom. The van der Waals surface area contributed by atoms with E-state index in [-0.39, 0.29) is 12.1 Å². The van der Waals surface area contributed by atoms with Crippen LogP contribution in [-0.4, -0.2) is 44.4 Å². The van der Waals surface area contributed by atoms with Crippen LogP contribution in [0, 0.1) is 12.3 Å². The van der Waals surface area contributed by atoms with Crippen molar-refractivity contribution in [3.05, 3.63) is 33.7 Å². The quantitative estimate of drug-likeness (QED) is 0.795. The van der Waals surface area contributed by atoms with Crippen LogP contribution in [0.15, 0.2) is 22.6 Å². The number of carbonyl (C=O) groups excluding carboxylic acids is 1. The van der Waals surface area contributed by atoms with Gasteiger partial charge in [-0.1, -0.05) is 5.92 Å². The number of carbonyl (C=O) groups is 2. The maximum absolute atomic E-state index is 12.2. The summed E-state index contributed by atoms with van der Waals surface area (Å²) in [6.07, 6.45) is 7.73. The van der Waals surface area contributed by atoms with E-state index in [2.05, 4.69) is 10.9 Å². The molecule has 0 spiro atoms. The molecule has 8 heteroatoms. The van der Waals surface area contributed by atoms with Crippen LogP contribution in [0.5, 0.6) is 0 Å². The van der Waals surface area contributed by atoms with Gasteiger partial charge in [-0.2, -0.15) is 0 Å². The monoisotopic (exact) mass is 291 g/mol. The fourth-order valence-corrected chi connectivity index (χ4v) is 2.29. The lowest BCUT2D eigenvalue weighted by atomic mass is 10.2. The average Bonchev–Trinajstić information content (AvgIpc) is 2.87. The van der Waals surface area contributed by atoms with Gasteiger partial charge in [-0.25, -0.2) is 4.98 Å². The first-order valence-electron chi connectivity index (χ1n) is 5.44. The molecule has 0 radical (unpaired) electrons. The Labute approximate surface area is 117 Å². The number of carboxylic acid groups (broad SMARTS) is 1. The lowest BCUT2D eigenvalue weighted by Gasteiger charge is -2.17. The Kier molecular flexibility index (Phi) is 3.81. The Balaban J connectivity index is 2.43. The summed E-state index contributed by atoms with van der Waals surface area (Å²) in [5.41, 5.74) is -0.758. The summed E-state index contributed by atoms with van der Waals surface area (Å²) in [5.74, 6) is 0.233. The van der Waals surface area contributed by atoms with E-state index >= 15 is 0 Å². The van der Waals surface area contributed by atoms with Gasteiger partial charge in [0.15, 0.2) is 4.96 Å². The van der Waals surface area contributed by atoms with E-state index in [0.717, 1.165) is 11.1 Å². The SMILES string of the molecule is C#CCN(CC(=O)O)C(=O)c1cnc2sccn2c1=O. The zero-order valence-corrected chi connectivity index (χ0v) is 11.0. The number of hydrogen-bond acceptors (Lipinski definition) is 5. The molecule has 102 valence electrons. The predicted molar refractivity (Wildman–Crippen MR) is 71.7 cm³/mol. The molecular weight excluding hydrogens is 282 g/mol. The van der Waals surface area contributed by atoms with Gasteiger partial charge in [0, 0.05) is 17.8 Å². The topological polar surface area (TPSA) is 92.0 Å². The molecule has 1 amide bonds. The van der Waals surface area contributed by atoms with Crippen LogP contribution in [0.3, 0.4) is 0 Å². The molecule has 7 nitrogen and oxygen atoms in total. The van der Waals surface area contributed by atoms with Crippen LogP contribution in [0.4, 0.5) is 0 Å². The molecule has 0 saturated heterocycles. The molecule has 2 aromatic rings. The standard InChI is InChI=1S/C12H9N3O4S/c1-2-3-14(7-9(16)17)10(18)8-6-13-12-15(11(8)19)4-5-20-12/h1,4-6H,3,7H2,(H,16,17). The summed E-state index contributed by atoms with van der Waals surface area (Å²) in [6, 6.07) is 0. The number of fused-ring (bicyclic) bond motifs is 1. The minimum Gasteiger partial charge on any atom is -0.480 e. The van der Waals surface area contributed by atoms with Crippen LogP contribution < -0.4 is 5.56 Å². The predicted octanol–water partition coefficient (Wildman–Crippen LogP) is -0.0840. The number of rotatable bonds is 4. The second-order valence-electron chi connectivity index (χ2n) is 3.79. The molecule has 1 N–H and O–H groups in total. The number of terminal acetylenes is 1. The van der Waals surface area contributed by atoms with Gasteiger partial charge in [-0.3, -0.25) is 18.8 Å². The van der Waals surface area contributed by atoms with Gasteiger partial charge < -0.3 is 10.0 Å². The molecule has 0 saturated carbocycles.